The van der Waals surface area contributed by atoms with Crippen molar-refractivity contribution in [3.63, 3.8) is 0 Å². The van der Waals surface area contributed by atoms with E-state index in [1.165, 1.54) is 0 Å². The van der Waals surface area contributed by atoms with E-state index < -0.39 is 0 Å². The van der Waals surface area contributed by atoms with Crippen LogP contribution in [0.5, 0.6) is 0 Å². The molecule has 2 N–H and O–H groups in total. The van der Waals surface area contributed by atoms with Gasteiger partial charge in [-0.1, -0.05) is 0 Å². The molecule has 0 aromatic heterocycles. The number of aliphatic hydroxyl groups excluding tert-OH is 2. The van der Waals surface area contributed by atoms with E-state index in [2.05, 4.69) is 5.32 Å². The smallest absolute Gasteiger partial charge is 0.0431 e. The first-order chi connectivity index (χ1) is 5.41. The zero-order chi connectivity index (χ0) is 8.36. The highest BCUT2D eigenvalue weighted by Crippen LogP contribution is 1.88. The second-order valence-corrected chi connectivity index (χ2v) is 2.53. The van der Waals surface area contributed by atoms with Crippen LogP contribution in [-0.4, -0.2) is 36.5 Å². The van der Waals surface area contributed by atoms with E-state index in [9.17, 15) is 0 Å². The molecule has 0 saturated heterocycles. The van der Waals surface area contributed by atoms with Gasteiger partial charge in [-0.2, -0.15) is 0 Å². The molecular formula is C8H18NO2. The zero-order valence-electron chi connectivity index (χ0n) is 7.00. The second-order valence-electron chi connectivity index (χ2n) is 2.53. The number of unbranched alkanes of at least 4 members (excludes halogenated alkanes) is 2. The maximum Gasteiger partial charge on any atom is 0.0431 e. The molecule has 1 radical (unpaired) electrons. The Morgan fingerprint density at radius 1 is 0.727 bits per heavy atom. The summed E-state index contributed by atoms with van der Waals surface area (Å²) >= 11 is 0. The van der Waals surface area contributed by atoms with Gasteiger partial charge in [-0.05, 0) is 25.7 Å². The summed E-state index contributed by atoms with van der Waals surface area (Å²) < 4.78 is 0. The first-order valence-electron chi connectivity index (χ1n) is 4.26. The van der Waals surface area contributed by atoms with Gasteiger partial charge in [0.05, 0.1) is 0 Å². The van der Waals surface area contributed by atoms with Crippen molar-refractivity contribution < 1.29 is 10.2 Å². The lowest BCUT2D eigenvalue weighted by molar-refractivity contribution is 0.279. The molecule has 3 nitrogen and oxygen atoms in total. The summed E-state index contributed by atoms with van der Waals surface area (Å²) in [4.78, 5) is 0. The average Bonchev–Trinajstić information content (AvgIpc) is 2.03. The van der Waals surface area contributed by atoms with Crippen molar-refractivity contribution >= 4 is 0 Å². The molecule has 0 aromatic rings. The molecule has 0 saturated carbocycles. The third-order valence-electron chi connectivity index (χ3n) is 1.45. The predicted octanol–water partition coefficient (Wildman–Crippen LogP) is 0.136. The maximum atomic E-state index is 8.43. The van der Waals surface area contributed by atoms with Gasteiger partial charge >= 0.3 is 0 Å². The van der Waals surface area contributed by atoms with Crippen molar-refractivity contribution in [1.29, 1.82) is 0 Å². The molecule has 67 valence electrons. The van der Waals surface area contributed by atoms with Crippen molar-refractivity contribution in [3.05, 3.63) is 0 Å². The Bertz CT molecular complexity index is 61.1. The zero-order valence-corrected chi connectivity index (χ0v) is 7.00. The summed E-state index contributed by atoms with van der Waals surface area (Å²) in [5.74, 6) is 0. The summed E-state index contributed by atoms with van der Waals surface area (Å²) in [6.07, 6.45) is 3.66. The number of hydrogen-bond donors (Lipinski definition) is 2. The summed E-state index contributed by atoms with van der Waals surface area (Å²) in [6, 6.07) is 0. The minimum Gasteiger partial charge on any atom is -0.396 e. The van der Waals surface area contributed by atoms with E-state index in [4.69, 9.17) is 10.2 Å². The van der Waals surface area contributed by atoms with Crippen LogP contribution in [0.3, 0.4) is 0 Å². The van der Waals surface area contributed by atoms with Crippen LogP contribution < -0.4 is 5.32 Å². The highest BCUT2D eigenvalue weighted by molar-refractivity contribution is 4.47. The molecular weight excluding hydrogens is 142 g/mol. The van der Waals surface area contributed by atoms with Crippen molar-refractivity contribution in [2.75, 3.05) is 26.3 Å². The van der Waals surface area contributed by atoms with Crippen LogP contribution >= 0.6 is 0 Å². The van der Waals surface area contributed by atoms with Crippen LogP contribution in [0.1, 0.15) is 25.7 Å². The third kappa shape index (κ3) is 9.88. The van der Waals surface area contributed by atoms with E-state index in [0.29, 0.717) is 0 Å². The van der Waals surface area contributed by atoms with Gasteiger partial charge in [0.25, 0.3) is 0 Å². The molecule has 0 heterocycles. The van der Waals surface area contributed by atoms with Gasteiger partial charge in [0.2, 0.25) is 0 Å². The molecule has 0 spiro atoms. The topological polar surface area (TPSA) is 54.6 Å². The third-order valence-corrected chi connectivity index (χ3v) is 1.45. The Balaban J connectivity index is 2.69. The maximum absolute atomic E-state index is 8.43. The molecule has 3 heteroatoms. The molecule has 0 aliphatic carbocycles. The molecule has 0 aliphatic heterocycles. The summed E-state index contributed by atoms with van der Waals surface area (Å²) in [7, 11) is 0. The Kier molecular flexibility index (Phi) is 9.77. The molecule has 0 atom stereocenters. The minimum absolute atomic E-state index is 0.270. The lowest BCUT2D eigenvalue weighted by Crippen LogP contribution is -2.09. The monoisotopic (exact) mass is 160 g/mol. The summed E-state index contributed by atoms with van der Waals surface area (Å²) in [6.45, 7) is 2.25. The van der Waals surface area contributed by atoms with E-state index >= 15 is 0 Å². The normalized spacial score (nSPS) is 10.4. The Labute approximate surface area is 68.4 Å². The van der Waals surface area contributed by atoms with Gasteiger partial charge in [-0.3, -0.25) is 0 Å². The van der Waals surface area contributed by atoms with Crippen molar-refractivity contribution in [3.8, 4) is 0 Å². The highest BCUT2D eigenvalue weighted by Gasteiger charge is 1.89. The lowest BCUT2D eigenvalue weighted by Gasteiger charge is -1.99. The van der Waals surface area contributed by atoms with Crippen molar-refractivity contribution in [2.45, 2.75) is 25.7 Å². The van der Waals surface area contributed by atoms with E-state index in [0.717, 1.165) is 38.8 Å². The molecule has 0 unspecified atom stereocenters. The summed E-state index contributed by atoms with van der Waals surface area (Å²) in [5.41, 5.74) is 0. The number of rotatable bonds is 8. The Hall–Kier alpha value is -0.120. The van der Waals surface area contributed by atoms with Crippen LogP contribution in [0.2, 0.25) is 0 Å². The minimum atomic E-state index is 0.270. The largest absolute Gasteiger partial charge is 0.396 e. The number of hydrogen-bond acceptors (Lipinski definition) is 2. The van der Waals surface area contributed by atoms with Crippen LogP contribution in [0.4, 0.5) is 0 Å². The quantitative estimate of drug-likeness (QED) is 0.496. The molecule has 0 amide bonds. The van der Waals surface area contributed by atoms with Gasteiger partial charge in [-0.15, -0.1) is 0 Å². The van der Waals surface area contributed by atoms with Gasteiger partial charge in [0.15, 0.2) is 0 Å². The highest BCUT2D eigenvalue weighted by atomic mass is 16.3. The van der Waals surface area contributed by atoms with E-state index in [-0.39, 0.29) is 13.2 Å². The lowest BCUT2D eigenvalue weighted by atomic mass is 10.3. The van der Waals surface area contributed by atoms with Crippen LogP contribution in [0.25, 0.3) is 0 Å². The fourth-order valence-electron chi connectivity index (χ4n) is 0.783. The van der Waals surface area contributed by atoms with Crippen LogP contribution in [0, 0.1) is 0 Å². The average molecular weight is 160 g/mol. The fourth-order valence-corrected chi connectivity index (χ4v) is 0.783. The first kappa shape index (κ1) is 10.9. The van der Waals surface area contributed by atoms with Crippen molar-refractivity contribution in [2.24, 2.45) is 0 Å². The predicted molar refractivity (Wildman–Crippen MR) is 44.5 cm³/mol. The van der Waals surface area contributed by atoms with Crippen LogP contribution in [-0.2, 0) is 0 Å². The fraction of sp³-hybridized carbons (Fsp3) is 1.00. The molecule has 11 heavy (non-hydrogen) atoms. The Morgan fingerprint density at radius 2 is 1.18 bits per heavy atom. The number of aliphatic hydroxyl groups is 2. The SMILES string of the molecule is OCCCC[N]CCCCO. The van der Waals surface area contributed by atoms with Gasteiger partial charge in [0.1, 0.15) is 0 Å². The molecule has 0 rings (SSSR count). The van der Waals surface area contributed by atoms with E-state index in [1.54, 1.807) is 0 Å². The van der Waals surface area contributed by atoms with Gasteiger partial charge < -0.3 is 10.2 Å². The molecule has 0 bridgehead atoms. The van der Waals surface area contributed by atoms with Gasteiger partial charge in [0, 0.05) is 26.3 Å². The van der Waals surface area contributed by atoms with Crippen molar-refractivity contribution in [1.82, 2.24) is 5.32 Å². The standard InChI is InChI=1S/C8H18NO2/c10-7-3-1-5-9-6-2-4-8-11/h10-11H,1-8H2. The van der Waals surface area contributed by atoms with Crippen LogP contribution in [0.15, 0.2) is 0 Å². The Morgan fingerprint density at radius 3 is 1.55 bits per heavy atom. The number of nitrogens with zero attached hydrogens (tertiary/aromatic N) is 1. The summed E-state index contributed by atoms with van der Waals surface area (Å²) in [5, 5.41) is 21.1. The second kappa shape index (κ2) is 9.88. The van der Waals surface area contributed by atoms with E-state index in [1.807, 2.05) is 0 Å². The molecule has 0 fully saturated rings. The molecule has 0 aliphatic rings. The molecule has 0 aromatic carbocycles. The van der Waals surface area contributed by atoms with Gasteiger partial charge in [-0.25, -0.2) is 5.32 Å². The first-order valence-corrected chi connectivity index (χ1v) is 4.26.